The Labute approximate surface area is 204 Å². The summed E-state index contributed by atoms with van der Waals surface area (Å²) in [6, 6.07) is 11.0. The maximum atomic E-state index is 12.7. The van der Waals surface area contributed by atoms with E-state index in [0.717, 1.165) is 42.5 Å². The second kappa shape index (κ2) is 11.1. The highest BCUT2D eigenvalue weighted by Gasteiger charge is 2.14. The predicted molar refractivity (Wildman–Crippen MR) is 136 cm³/mol. The van der Waals surface area contributed by atoms with Crippen LogP contribution in [0, 0.1) is 0 Å². The second-order valence-corrected chi connectivity index (χ2v) is 9.06. The summed E-state index contributed by atoms with van der Waals surface area (Å²) in [7, 11) is 1.60. The van der Waals surface area contributed by atoms with Gasteiger partial charge in [0.05, 0.1) is 22.8 Å². The van der Waals surface area contributed by atoms with E-state index in [2.05, 4.69) is 20.5 Å². The highest BCUT2D eigenvalue weighted by molar-refractivity contribution is 6.42. The van der Waals surface area contributed by atoms with Crippen molar-refractivity contribution in [1.29, 1.82) is 0 Å². The number of benzene rings is 2. The van der Waals surface area contributed by atoms with Crippen molar-refractivity contribution < 1.29 is 9.53 Å². The predicted octanol–water partition coefficient (Wildman–Crippen LogP) is 6.50. The molecular formula is C25H28Cl2N4O2. The van der Waals surface area contributed by atoms with Crippen LogP contribution >= 0.6 is 23.2 Å². The minimum absolute atomic E-state index is 0.0208. The number of aromatic nitrogens is 1. The lowest BCUT2D eigenvalue weighted by molar-refractivity contribution is -0.116. The molecule has 174 valence electrons. The number of likely N-dealkylation sites (tertiary alicyclic amines) is 1. The number of amides is 1. The molecule has 0 radical (unpaired) electrons. The number of pyridine rings is 1. The summed E-state index contributed by atoms with van der Waals surface area (Å²) in [5.41, 5.74) is 1.39. The highest BCUT2D eigenvalue weighted by atomic mass is 35.5. The number of nitrogens with one attached hydrogen (secondary N) is 2. The average molecular weight is 487 g/mol. The first kappa shape index (κ1) is 23.6. The number of rotatable bonds is 8. The molecule has 0 bridgehead atoms. The van der Waals surface area contributed by atoms with E-state index in [1.165, 1.54) is 19.3 Å². The summed E-state index contributed by atoms with van der Waals surface area (Å²) in [5.74, 6) is 1.24. The van der Waals surface area contributed by atoms with Gasteiger partial charge in [-0.3, -0.25) is 4.79 Å². The van der Waals surface area contributed by atoms with E-state index < -0.39 is 0 Å². The van der Waals surface area contributed by atoms with Crippen LogP contribution in [-0.4, -0.2) is 42.5 Å². The lowest BCUT2D eigenvalue weighted by Crippen LogP contribution is -2.31. The molecule has 1 aliphatic heterocycles. The van der Waals surface area contributed by atoms with Gasteiger partial charge in [-0.25, -0.2) is 4.98 Å². The lowest BCUT2D eigenvalue weighted by atomic mass is 10.1. The number of nitrogens with zero attached hydrogens (tertiary/aromatic N) is 2. The van der Waals surface area contributed by atoms with Gasteiger partial charge < -0.3 is 20.3 Å². The Morgan fingerprint density at radius 2 is 1.91 bits per heavy atom. The van der Waals surface area contributed by atoms with Crippen molar-refractivity contribution in [2.45, 2.75) is 32.1 Å². The minimum atomic E-state index is -0.0208. The van der Waals surface area contributed by atoms with Crippen LogP contribution in [0.3, 0.4) is 0 Å². The molecule has 0 aliphatic carbocycles. The molecule has 2 heterocycles. The maximum Gasteiger partial charge on any atom is 0.224 e. The number of hydrogen-bond acceptors (Lipinski definition) is 5. The van der Waals surface area contributed by atoms with Gasteiger partial charge in [0.15, 0.2) is 0 Å². The van der Waals surface area contributed by atoms with Crippen LogP contribution in [0.4, 0.5) is 17.2 Å². The number of ether oxygens (including phenoxy) is 1. The Bertz CT molecular complexity index is 1130. The molecule has 2 N–H and O–H groups in total. The molecule has 1 saturated heterocycles. The van der Waals surface area contributed by atoms with Crippen LogP contribution in [0.5, 0.6) is 5.75 Å². The summed E-state index contributed by atoms with van der Waals surface area (Å²) in [5, 5.41) is 9.05. The van der Waals surface area contributed by atoms with Gasteiger partial charge in [0, 0.05) is 23.7 Å². The highest BCUT2D eigenvalue weighted by Crippen LogP contribution is 2.35. The van der Waals surface area contributed by atoms with E-state index in [1.807, 2.05) is 24.3 Å². The number of fused-ring (bicyclic) bond motifs is 1. The average Bonchev–Trinajstić information content (AvgIpc) is 2.82. The summed E-state index contributed by atoms with van der Waals surface area (Å²) in [6.45, 7) is 3.24. The topological polar surface area (TPSA) is 66.5 Å². The van der Waals surface area contributed by atoms with E-state index in [1.54, 1.807) is 25.4 Å². The molecule has 4 rings (SSSR count). The van der Waals surface area contributed by atoms with E-state index in [0.29, 0.717) is 33.7 Å². The van der Waals surface area contributed by atoms with Crippen molar-refractivity contribution in [2.24, 2.45) is 0 Å². The Morgan fingerprint density at radius 1 is 1.09 bits per heavy atom. The van der Waals surface area contributed by atoms with Gasteiger partial charge in [0.2, 0.25) is 5.91 Å². The monoisotopic (exact) mass is 486 g/mol. The maximum absolute atomic E-state index is 12.7. The summed E-state index contributed by atoms with van der Waals surface area (Å²) < 4.78 is 5.55. The molecule has 2 aromatic carbocycles. The van der Waals surface area contributed by atoms with E-state index >= 15 is 0 Å². The quantitative estimate of drug-likeness (QED) is 0.380. The normalized spacial score (nSPS) is 14.3. The van der Waals surface area contributed by atoms with E-state index in [4.69, 9.17) is 27.9 Å². The van der Waals surface area contributed by atoms with Crippen LogP contribution in [-0.2, 0) is 4.79 Å². The van der Waals surface area contributed by atoms with Crippen molar-refractivity contribution in [3.63, 3.8) is 0 Å². The third-order valence-electron chi connectivity index (χ3n) is 5.87. The van der Waals surface area contributed by atoms with E-state index in [-0.39, 0.29) is 5.91 Å². The number of hydrogen-bond donors (Lipinski definition) is 2. The number of methoxy groups -OCH3 is 1. The summed E-state index contributed by atoms with van der Waals surface area (Å²) >= 11 is 12.2. The minimum Gasteiger partial charge on any atom is -0.495 e. The number of halogens is 2. The van der Waals surface area contributed by atoms with Crippen LogP contribution in [0.1, 0.15) is 32.1 Å². The first-order valence-corrected chi connectivity index (χ1v) is 12.0. The zero-order valence-electron chi connectivity index (χ0n) is 18.7. The Morgan fingerprint density at radius 3 is 2.67 bits per heavy atom. The molecule has 3 aromatic rings. The first-order chi connectivity index (χ1) is 16.0. The van der Waals surface area contributed by atoms with Gasteiger partial charge in [-0.05, 0) is 80.7 Å². The van der Waals surface area contributed by atoms with Gasteiger partial charge in [0.1, 0.15) is 11.6 Å². The smallest absolute Gasteiger partial charge is 0.224 e. The zero-order valence-corrected chi connectivity index (χ0v) is 20.2. The molecular weight excluding hydrogens is 459 g/mol. The largest absolute Gasteiger partial charge is 0.495 e. The SMILES string of the molecule is COc1cc2ccnc(Nc3ccc(Cl)c(Cl)c3)c2cc1NC(=O)CCCN1CCCCC1. The second-order valence-electron chi connectivity index (χ2n) is 8.24. The third kappa shape index (κ3) is 6.08. The van der Waals surface area contributed by atoms with Gasteiger partial charge in [-0.2, -0.15) is 0 Å². The summed E-state index contributed by atoms with van der Waals surface area (Å²) in [6.07, 6.45) is 6.86. The fourth-order valence-electron chi connectivity index (χ4n) is 4.14. The Kier molecular flexibility index (Phi) is 7.91. The molecule has 0 unspecified atom stereocenters. The lowest BCUT2D eigenvalue weighted by Gasteiger charge is -2.26. The first-order valence-electron chi connectivity index (χ1n) is 11.2. The fourth-order valence-corrected chi connectivity index (χ4v) is 4.43. The van der Waals surface area contributed by atoms with Crippen LogP contribution in [0.15, 0.2) is 42.6 Å². The van der Waals surface area contributed by atoms with Crippen LogP contribution in [0.25, 0.3) is 10.8 Å². The molecule has 0 spiro atoms. The van der Waals surface area contributed by atoms with E-state index in [9.17, 15) is 4.79 Å². The molecule has 6 nitrogen and oxygen atoms in total. The van der Waals surface area contributed by atoms with Gasteiger partial charge >= 0.3 is 0 Å². The number of carbonyl (C=O) groups excluding carboxylic acids is 1. The molecule has 1 fully saturated rings. The molecule has 33 heavy (non-hydrogen) atoms. The van der Waals surface area contributed by atoms with Gasteiger partial charge in [-0.15, -0.1) is 0 Å². The van der Waals surface area contributed by atoms with Crippen molar-refractivity contribution in [3.8, 4) is 5.75 Å². The van der Waals surface area contributed by atoms with Crippen molar-refractivity contribution in [3.05, 3.63) is 52.6 Å². The molecule has 0 atom stereocenters. The number of piperidine rings is 1. The summed E-state index contributed by atoms with van der Waals surface area (Å²) in [4.78, 5) is 19.6. The van der Waals surface area contributed by atoms with Crippen LogP contribution in [0.2, 0.25) is 10.0 Å². The van der Waals surface area contributed by atoms with Crippen molar-refractivity contribution >= 4 is 57.1 Å². The van der Waals surface area contributed by atoms with Gasteiger partial charge in [-0.1, -0.05) is 29.6 Å². The van der Waals surface area contributed by atoms with Crippen LogP contribution < -0.4 is 15.4 Å². The Balaban J connectivity index is 1.50. The van der Waals surface area contributed by atoms with Crippen molar-refractivity contribution in [1.82, 2.24) is 9.88 Å². The molecule has 1 aliphatic rings. The standard InChI is InChI=1S/C25H28Cl2N4O2/c1-33-23-14-17-9-10-28-25(29-18-7-8-20(26)21(27)15-18)19(17)16-22(23)30-24(32)6-5-13-31-11-3-2-4-12-31/h7-10,14-16H,2-6,11-13H2,1H3,(H,28,29)(H,30,32). The molecule has 1 amide bonds. The molecule has 1 aromatic heterocycles. The number of anilines is 3. The van der Waals surface area contributed by atoms with Crippen molar-refractivity contribution in [2.75, 3.05) is 37.4 Å². The Hall–Kier alpha value is -2.54. The number of carbonyl (C=O) groups is 1. The third-order valence-corrected chi connectivity index (χ3v) is 6.61. The fraction of sp³-hybridized carbons (Fsp3) is 0.360. The zero-order chi connectivity index (χ0) is 23.2. The molecule has 8 heteroatoms. The molecule has 0 saturated carbocycles. The van der Waals surface area contributed by atoms with Gasteiger partial charge in [0.25, 0.3) is 0 Å².